The molecule has 0 aliphatic carbocycles. The normalized spacial score (nSPS) is 11.3. The van der Waals surface area contributed by atoms with Crippen molar-refractivity contribution in [3.8, 4) is 0 Å². The maximum atomic E-state index is 13.0. The lowest BCUT2D eigenvalue weighted by atomic mass is 10.1. The van der Waals surface area contributed by atoms with Gasteiger partial charge in [0, 0.05) is 13.1 Å². The van der Waals surface area contributed by atoms with Gasteiger partial charge in [0.15, 0.2) is 10.9 Å². The largest absolute Gasteiger partial charge is 0.433 e. The molecule has 9 heteroatoms. The molecule has 0 radical (unpaired) electrons. The van der Waals surface area contributed by atoms with E-state index in [1.165, 1.54) is 28.4 Å². The smallest absolute Gasteiger partial charge is 0.395 e. The second-order valence-corrected chi connectivity index (χ2v) is 7.59. The maximum Gasteiger partial charge on any atom is 0.433 e. The molecule has 0 unspecified atom stereocenters. The van der Waals surface area contributed by atoms with Gasteiger partial charge in [0.25, 0.3) is 5.91 Å². The van der Waals surface area contributed by atoms with Crippen molar-refractivity contribution in [2.24, 2.45) is 0 Å². The van der Waals surface area contributed by atoms with Crippen LogP contribution in [-0.4, -0.2) is 47.9 Å². The van der Waals surface area contributed by atoms with Crippen LogP contribution in [0.1, 0.15) is 21.7 Å². The van der Waals surface area contributed by atoms with Crippen LogP contribution in [0.5, 0.6) is 0 Å². The summed E-state index contributed by atoms with van der Waals surface area (Å²) in [7, 11) is 3.82. The number of carbonyl (C=O) groups is 1. The van der Waals surface area contributed by atoms with Crippen LogP contribution in [0.2, 0.25) is 0 Å². The third-order valence-electron chi connectivity index (χ3n) is 4.05. The van der Waals surface area contributed by atoms with Gasteiger partial charge in [-0.25, -0.2) is 4.98 Å². The zero-order valence-corrected chi connectivity index (χ0v) is 16.4. The first kappa shape index (κ1) is 19.0. The number of fused-ring (bicyclic) bond motifs is 1. The minimum absolute atomic E-state index is 0.0763. The fourth-order valence-electron chi connectivity index (χ4n) is 2.73. The lowest BCUT2D eigenvalue weighted by Crippen LogP contribution is -2.36. The molecule has 8 nitrogen and oxygen atoms in total. The summed E-state index contributed by atoms with van der Waals surface area (Å²) in [5.74, 6) is -0.979. The van der Waals surface area contributed by atoms with Gasteiger partial charge in [0.1, 0.15) is 4.92 Å². The number of nitrogens with zero attached hydrogens (tertiary/aromatic N) is 4. The van der Waals surface area contributed by atoms with Crippen LogP contribution < -0.4 is 4.90 Å². The van der Waals surface area contributed by atoms with Gasteiger partial charge in [-0.1, -0.05) is 17.4 Å². The van der Waals surface area contributed by atoms with Crippen molar-refractivity contribution in [2.75, 3.05) is 32.1 Å². The highest BCUT2D eigenvalue weighted by Crippen LogP contribution is 2.32. The zero-order valence-electron chi connectivity index (χ0n) is 15.6. The van der Waals surface area contributed by atoms with Crippen LogP contribution in [0, 0.1) is 24.0 Å². The van der Waals surface area contributed by atoms with E-state index in [0.29, 0.717) is 18.2 Å². The number of benzene rings is 1. The molecule has 2 aromatic heterocycles. The Morgan fingerprint density at radius 3 is 2.63 bits per heavy atom. The Bertz CT molecular complexity index is 1010. The summed E-state index contributed by atoms with van der Waals surface area (Å²) < 4.78 is 6.10. The van der Waals surface area contributed by atoms with Crippen LogP contribution in [0.15, 0.2) is 28.7 Å². The summed E-state index contributed by atoms with van der Waals surface area (Å²) in [6.07, 6.45) is 0. The number of nitro groups is 1. The zero-order chi connectivity index (χ0) is 19.7. The third-order valence-corrected chi connectivity index (χ3v) is 5.07. The van der Waals surface area contributed by atoms with Crippen LogP contribution in [0.3, 0.4) is 0 Å². The van der Waals surface area contributed by atoms with Crippen molar-refractivity contribution in [3.63, 3.8) is 0 Å². The Kier molecular flexibility index (Phi) is 5.24. The molecule has 142 valence electrons. The van der Waals surface area contributed by atoms with Crippen LogP contribution in [0.4, 0.5) is 11.0 Å². The van der Waals surface area contributed by atoms with Crippen molar-refractivity contribution >= 4 is 38.5 Å². The monoisotopic (exact) mass is 388 g/mol. The van der Waals surface area contributed by atoms with Crippen molar-refractivity contribution in [1.82, 2.24) is 9.88 Å². The standard InChI is InChI=1S/C18H20N4O4S/c1-11-9-12(2)16-14(10-11)27-18(19-16)21(8-7-20(3)4)17(23)13-5-6-15(26-13)22(24)25/h5-6,9-10H,7-8H2,1-4H3. The van der Waals surface area contributed by atoms with Crippen LogP contribution in [-0.2, 0) is 0 Å². The van der Waals surface area contributed by atoms with E-state index >= 15 is 0 Å². The van der Waals surface area contributed by atoms with Gasteiger partial charge in [-0.05, 0) is 51.2 Å². The fraction of sp³-hybridized carbons (Fsp3) is 0.333. The molecule has 0 spiro atoms. The molecule has 0 bridgehead atoms. The second-order valence-electron chi connectivity index (χ2n) is 6.58. The number of carbonyl (C=O) groups excluding carboxylic acids is 1. The molecular formula is C18H20N4O4S. The molecule has 0 aliphatic rings. The van der Waals surface area contributed by atoms with Gasteiger partial charge in [-0.2, -0.15) is 0 Å². The highest BCUT2D eigenvalue weighted by atomic mass is 32.1. The van der Waals surface area contributed by atoms with Crippen molar-refractivity contribution in [1.29, 1.82) is 0 Å². The Morgan fingerprint density at radius 2 is 2.00 bits per heavy atom. The predicted octanol–water partition coefficient (Wildman–Crippen LogP) is 3.62. The number of aryl methyl sites for hydroxylation is 2. The number of hydrogen-bond acceptors (Lipinski definition) is 7. The van der Waals surface area contributed by atoms with Gasteiger partial charge in [-0.15, -0.1) is 0 Å². The highest BCUT2D eigenvalue weighted by molar-refractivity contribution is 7.22. The quantitative estimate of drug-likeness (QED) is 0.473. The summed E-state index contributed by atoms with van der Waals surface area (Å²) >= 11 is 1.42. The average Bonchev–Trinajstić information content (AvgIpc) is 3.21. The first-order chi connectivity index (χ1) is 12.8. The van der Waals surface area contributed by atoms with Gasteiger partial charge < -0.3 is 9.32 Å². The average molecular weight is 388 g/mol. The van der Waals surface area contributed by atoms with Gasteiger partial charge >= 0.3 is 5.88 Å². The van der Waals surface area contributed by atoms with Crippen LogP contribution in [0.25, 0.3) is 10.2 Å². The minimum atomic E-state index is -0.662. The van der Waals surface area contributed by atoms with Gasteiger partial charge in [0.05, 0.1) is 16.3 Å². The van der Waals surface area contributed by atoms with E-state index in [4.69, 9.17) is 4.42 Å². The number of thiazole rings is 1. The number of rotatable bonds is 6. The number of furan rings is 1. The number of likely N-dealkylation sites (N-methyl/N-ethyl adjacent to an activating group) is 1. The van der Waals surface area contributed by atoms with Crippen molar-refractivity contribution in [3.05, 3.63) is 51.3 Å². The Labute approximate surface area is 160 Å². The van der Waals surface area contributed by atoms with Crippen molar-refractivity contribution < 1.29 is 14.1 Å². The summed E-state index contributed by atoms with van der Waals surface area (Å²) in [6, 6.07) is 6.60. The Balaban J connectivity index is 2.01. The van der Waals surface area contributed by atoms with Crippen molar-refractivity contribution in [2.45, 2.75) is 13.8 Å². The second kappa shape index (κ2) is 7.45. The molecule has 3 aromatic rings. The van der Waals surface area contributed by atoms with E-state index in [2.05, 4.69) is 4.98 Å². The molecule has 0 fully saturated rings. The number of amides is 1. The van der Waals surface area contributed by atoms with E-state index in [0.717, 1.165) is 21.3 Å². The summed E-state index contributed by atoms with van der Waals surface area (Å²) in [6.45, 7) is 5.00. The SMILES string of the molecule is Cc1cc(C)c2nc(N(CCN(C)C)C(=O)c3ccc([N+](=O)[O-])o3)sc2c1. The molecule has 3 rings (SSSR count). The number of aromatic nitrogens is 1. The first-order valence-electron chi connectivity index (χ1n) is 8.35. The predicted molar refractivity (Wildman–Crippen MR) is 105 cm³/mol. The Morgan fingerprint density at radius 1 is 1.26 bits per heavy atom. The molecule has 1 amide bonds. The molecule has 0 saturated carbocycles. The molecule has 1 aromatic carbocycles. The minimum Gasteiger partial charge on any atom is -0.395 e. The molecule has 2 heterocycles. The van der Waals surface area contributed by atoms with E-state index in [1.807, 2.05) is 45.0 Å². The molecular weight excluding hydrogens is 368 g/mol. The Hall–Kier alpha value is -2.78. The summed E-state index contributed by atoms with van der Waals surface area (Å²) in [4.78, 5) is 31.3. The van der Waals surface area contributed by atoms with E-state index in [9.17, 15) is 14.9 Å². The number of hydrogen-bond donors (Lipinski definition) is 0. The maximum absolute atomic E-state index is 13.0. The fourth-order valence-corrected chi connectivity index (χ4v) is 3.90. The summed E-state index contributed by atoms with van der Waals surface area (Å²) in [5.41, 5.74) is 3.03. The molecule has 27 heavy (non-hydrogen) atoms. The third kappa shape index (κ3) is 3.99. The van der Waals surface area contributed by atoms with Crippen LogP contribution >= 0.6 is 11.3 Å². The highest BCUT2D eigenvalue weighted by Gasteiger charge is 2.26. The molecule has 0 N–H and O–H groups in total. The van der Waals surface area contributed by atoms with E-state index in [-0.39, 0.29) is 5.76 Å². The first-order valence-corrected chi connectivity index (χ1v) is 9.16. The van der Waals surface area contributed by atoms with Gasteiger partial charge in [0.2, 0.25) is 0 Å². The lowest BCUT2D eigenvalue weighted by molar-refractivity contribution is -0.402. The summed E-state index contributed by atoms with van der Waals surface area (Å²) in [5, 5.41) is 11.4. The molecule has 0 atom stereocenters. The van der Waals surface area contributed by atoms with E-state index in [1.54, 1.807) is 0 Å². The molecule has 0 saturated heterocycles. The van der Waals surface area contributed by atoms with Gasteiger partial charge in [-0.3, -0.25) is 19.8 Å². The lowest BCUT2D eigenvalue weighted by Gasteiger charge is -2.20. The molecule has 0 aliphatic heterocycles. The van der Waals surface area contributed by atoms with E-state index < -0.39 is 16.7 Å². The topological polar surface area (TPSA) is 92.7 Å². The number of anilines is 1.